The first-order chi connectivity index (χ1) is 13.0. The van der Waals surface area contributed by atoms with Crippen LogP contribution < -0.4 is 0 Å². The zero-order valence-corrected chi connectivity index (χ0v) is 13.5. The number of ether oxygens (including phenoxy) is 3. The summed E-state index contributed by atoms with van der Waals surface area (Å²) in [5, 5.41) is 0. The van der Waals surface area contributed by atoms with Gasteiger partial charge in [-0.2, -0.15) is 65.9 Å². The minimum Gasteiger partial charge on any atom is -0.461 e. The van der Waals surface area contributed by atoms with E-state index in [-0.39, 0.29) is 0 Å². The first-order valence-electron chi connectivity index (χ1n) is 6.56. The van der Waals surface area contributed by atoms with Crippen molar-refractivity contribution in [3.05, 3.63) is 12.1 Å². The summed E-state index contributed by atoms with van der Waals surface area (Å²) in [5.74, 6) is -25.5. The average Bonchev–Trinajstić information content (AvgIpc) is 2.52. The van der Waals surface area contributed by atoms with E-state index >= 15 is 0 Å². The van der Waals surface area contributed by atoms with Crippen LogP contribution in [-0.4, -0.2) is 48.7 Å². The minimum absolute atomic E-state index is 0.668. The summed E-state index contributed by atoms with van der Waals surface area (Å²) in [6.45, 7) is -0.514. The largest absolute Gasteiger partial charge is 0.471 e. The third kappa shape index (κ3) is 4.80. The number of alkyl halides is 12. The Morgan fingerprint density at radius 1 is 0.767 bits per heavy atom. The molecule has 0 aliphatic rings. The van der Waals surface area contributed by atoms with Crippen molar-refractivity contribution in [3.63, 3.8) is 0 Å². The van der Waals surface area contributed by atoms with Crippen molar-refractivity contribution >= 4 is 5.97 Å². The molecule has 0 saturated heterocycles. The van der Waals surface area contributed by atoms with E-state index < -0.39 is 60.8 Å². The van der Waals surface area contributed by atoms with Gasteiger partial charge in [0.2, 0.25) is 0 Å². The number of rotatable bonds is 9. The smallest absolute Gasteiger partial charge is 0.461 e. The highest BCUT2D eigenvalue weighted by atomic mass is 19.4. The molecule has 0 aromatic rings. The molecule has 1 unspecified atom stereocenters. The Balaban J connectivity index is 6.43. The van der Waals surface area contributed by atoms with Crippen LogP contribution in [0.1, 0.15) is 6.92 Å². The molecular weight excluding hydrogens is 481 g/mol. The maximum atomic E-state index is 13.6. The van der Waals surface area contributed by atoms with Gasteiger partial charge in [-0.05, 0) is 6.92 Å². The first kappa shape index (κ1) is 27.9. The number of hydrogen-bond acceptors (Lipinski definition) is 4. The summed E-state index contributed by atoms with van der Waals surface area (Å²) in [4.78, 5) is 10.7. The van der Waals surface area contributed by atoms with Crippen molar-refractivity contribution in [2.45, 2.75) is 43.0 Å². The van der Waals surface area contributed by atoms with Crippen LogP contribution in [0.2, 0.25) is 0 Å². The molecule has 0 aromatic heterocycles. The van der Waals surface area contributed by atoms with Crippen molar-refractivity contribution in [2.75, 3.05) is 6.61 Å². The van der Waals surface area contributed by atoms with E-state index in [1.165, 1.54) is 0 Å². The molecule has 0 radical (unpaired) electrons. The summed E-state index contributed by atoms with van der Waals surface area (Å²) in [5.41, 5.74) is 0. The van der Waals surface area contributed by atoms with E-state index in [0.717, 1.165) is 0 Å². The molecule has 0 N–H and O–H groups in total. The Morgan fingerprint density at radius 3 is 1.53 bits per heavy atom. The molecule has 0 bridgehead atoms. The molecule has 1 atom stereocenters. The van der Waals surface area contributed by atoms with Crippen LogP contribution in [0.15, 0.2) is 12.1 Å². The van der Waals surface area contributed by atoms with Crippen molar-refractivity contribution in [2.24, 2.45) is 0 Å². The molecule has 0 amide bonds. The van der Waals surface area contributed by atoms with Crippen LogP contribution in [0.25, 0.3) is 0 Å². The zero-order chi connectivity index (χ0) is 24.6. The van der Waals surface area contributed by atoms with E-state index in [0.29, 0.717) is 6.92 Å². The van der Waals surface area contributed by atoms with Gasteiger partial charge in [0.15, 0.2) is 0 Å². The third-order valence-electron chi connectivity index (χ3n) is 2.67. The lowest BCUT2D eigenvalue weighted by atomic mass is 10.1. The fraction of sp³-hybridized carbons (Fsp3) is 0.727. The maximum Gasteiger partial charge on any atom is 0.471 e. The second-order valence-electron chi connectivity index (χ2n) is 4.73. The van der Waals surface area contributed by atoms with Crippen LogP contribution in [0.4, 0.5) is 65.9 Å². The molecule has 19 heteroatoms. The van der Waals surface area contributed by atoms with Gasteiger partial charge in [0.05, 0.1) is 6.61 Å². The highest BCUT2D eigenvalue weighted by Gasteiger charge is 2.85. The monoisotopic (exact) mass is 486 g/mol. The van der Waals surface area contributed by atoms with Gasteiger partial charge in [0.25, 0.3) is 0 Å². The first-order valence-corrected chi connectivity index (χ1v) is 6.56. The Bertz CT molecular complexity index is 666. The molecular formula is C11H5F15O4. The van der Waals surface area contributed by atoms with Gasteiger partial charge in [-0.25, -0.2) is 4.79 Å². The molecule has 30 heavy (non-hydrogen) atoms. The number of carbonyl (C=O) groups excluding carboxylic acids is 1. The highest BCUT2D eigenvalue weighted by molar-refractivity contribution is 5.79. The van der Waals surface area contributed by atoms with Crippen molar-refractivity contribution in [1.82, 2.24) is 0 Å². The van der Waals surface area contributed by atoms with Crippen LogP contribution in [0, 0.1) is 0 Å². The van der Waals surface area contributed by atoms with Crippen molar-refractivity contribution in [3.8, 4) is 0 Å². The predicted molar refractivity (Wildman–Crippen MR) is 58.8 cm³/mol. The second-order valence-corrected chi connectivity index (χ2v) is 4.73. The van der Waals surface area contributed by atoms with Gasteiger partial charge in [-0.1, -0.05) is 0 Å². The van der Waals surface area contributed by atoms with Gasteiger partial charge in [-0.15, -0.1) is 0 Å². The molecule has 0 spiro atoms. The van der Waals surface area contributed by atoms with Crippen molar-refractivity contribution < 1.29 is 84.9 Å². The molecule has 178 valence electrons. The SMILES string of the molecule is CCOC(=O)C(F)(F)C(F)(F)C(F)(F)OC(F)(C(F)(F)F)C(F)(F)OC(F)=C(F)F. The van der Waals surface area contributed by atoms with Crippen LogP contribution in [0.3, 0.4) is 0 Å². The Hall–Kier alpha value is -2.08. The van der Waals surface area contributed by atoms with Gasteiger partial charge >= 0.3 is 54.2 Å². The Labute approximate surface area is 154 Å². The lowest BCUT2D eigenvalue weighted by molar-refractivity contribution is -0.524. The van der Waals surface area contributed by atoms with Crippen LogP contribution in [0.5, 0.6) is 0 Å². The summed E-state index contributed by atoms with van der Waals surface area (Å²) in [6, 6.07) is -4.00. The molecule has 0 aromatic carbocycles. The normalized spacial score (nSPS) is 16.0. The standard InChI is InChI=1S/C11H5F15O4/c1-2-28-5(27)6(15,16)7(17,18)10(23,24)30-8(19,9(20,21)22)11(25,26)29-4(14)3(12)13/h2H2,1H3. The quantitative estimate of drug-likeness (QED) is 0.252. The fourth-order valence-corrected chi connectivity index (χ4v) is 1.27. The van der Waals surface area contributed by atoms with E-state index in [1.54, 1.807) is 4.74 Å². The molecule has 0 saturated carbocycles. The van der Waals surface area contributed by atoms with Gasteiger partial charge in [-0.3, -0.25) is 4.74 Å². The van der Waals surface area contributed by atoms with E-state index in [1.807, 2.05) is 4.74 Å². The lowest BCUT2D eigenvalue weighted by Gasteiger charge is -2.38. The summed E-state index contributed by atoms with van der Waals surface area (Å²) in [6.07, 6.45) is -26.6. The Kier molecular flexibility index (Phi) is 7.65. The third-order valence-corrected chi connectivity index (χ3v) is 2.67. The van der Waals surface area contributed by atoms with E-state index in [4.69, 9.17) is 0 Å². The molecule has 0 fully saturated rings. The van der Waals surface area contributed by atoms with E-state index in [2.05, 4.69) is 4.74 Å². The molecule has 0 aliphatic carbocycles. The molecule has 0 aliphatic heterocycles. The maximum absolute atomic E-state index is 13.6. The average molecular weight is 486 g/mol. The number of halogens is 15. The van der Waals surface area contributed by atoms with Crippen molar-refractivity contribution in [1.29, 1.82) is 0 Å². The fourth-order valence-electron chi connectivity index (χ4n) is 1.27. The number of carbonyl (C=O) groups is 1. The zero-order valence-electron chi connectivity index (χ0n) is 13.5. The molecule has 0 rings (SSSR count). The number of hydrogen-bond donors (Lipinski definition) is 0. The predicted octanol–water partition coefficient (Wildman–Crippen LogP) is 5.30. The molecule has 0 heterocycles. The Morgan fingerprint density at radius 2 is 1.20 bits per heavy atom. The second kappa shape index (κ2) is 8.22. The number of esters is 1. The summed E-state index contributed by atoms with van der Waals surface area (Å²) in [7, 11) is 0. The van der Waals surface area contributed by atoms with Gasteiger partial charge < -0.3 is 9.47 Å². The van der Waals surface area contributed by atoms with Crippen LogP contribution in [-0.2, 0) is 19.0 Å². The minimum atomic E-state index is -7.63. The lowest BCUT2D eigenvalue weighted by Crippen LogP contribution is -2.67. The van der Waals surface area contributed by atoms with Crippen LogP contribution >= 0.6 is 0 Å². The van der Waals surface area contributed by atoms with E-state index in [9.17, 15) is 70.7 Å². The highest BCUT2D eigenvalue weighted by Crippen LogP contribution is 2.55. The molecule has 4 nitrogen and oxygen atoms in total. The van der Waals surface area contributed by atoms with Gasteiger partial charge in [0.1, 0.15) is 0 Å². The summed E-state index contributed by atoms with van der Waals surface area (Å²) < 4.78 is 199. The van der Waals surface area contributed by atoms with Gasteiger partial charge in [0, 0.05) is 0 Å². The topological polar surface area (TPSA) is 44.8 Å². The summed E-state index contributed by atoms with van der Waals surface area (Å²) >= 11 is 0.